The fourth-order valence-corrected chi connectivity index (χ4v) is 7.85. The summed E-state index contributed by atoms with van der Waals surface area (Å²) in [4.78, 5) is 68.2. The van der Waals surface area contributed by atoms with Crippen molar-refractivity contribution >= 4 is 92.4 Å². The predicted molar refractivity (Wildman–Crippen MR) is 172 cm³/mol. The molecule has 0 bridgehead atoms. The largest absolute Gasteiger partial charge is 0.462 e. The molecular formula is C31H26Cl4N2O7S. The number of fused-ring (bicyclic) bond motifs is 2. The van der Waals surface area contributed by atoms with Crippen molar-refractivity contribution in [1.29, 1.82) is 0 Å². The smallest absolute Gasteiger partial charge is 0.341 e. The van der Waals surface area contributed by atoms with Gasteiger partial charge in [0.15, 0.2) is 6.61 Å². The van der Waals surface area contributed by atoms with Crippen LogP contribution in [0.2, 0.25) is 20.1 Å². The van der Waals surface area contributed by atoms with Crippen LogP contribution >= 0.6 is 57.7 Å². The van der Waals surface area contributed by atoms with Gasteiger partial charge in [0.2, 0.25) is 0 Å². The highest BCUT2D eigenvalue weighted by Gasteiger charge is 2.47. The number of nitrogens with zero attached hydrogens (tertiary/aromatic N) is 1. The van der Waals surface area contributed by atoms with Crippen LogP contribution in [0, 0.1) is 5.92 Å². The van der Waals surface area contributed by atoms with Crippen LogP contribution in [-0.4, -0.2) is 53.8 Å². The Labute approximate surface area is 282 Å². The van der Waals surface area contributed by atoms with Crippen molar-refractivity contribution in [1.82, 2.24) is 4.90 Å². The highest BCUT2D eigenvalue weighted by molar-refractivity contribution is 7.17. The summed E-state index contributed by atoms with van der Waals surface area (Å²) in [5.74, 6) is -3.69. The molecule has 1 N–H and O–H groups in total. The summed E-state index contributed by atoms with van der Waals surface area (Å²) in [5, 5.41) is 2.01. The molecule has 0 fully saturated rings. The number of imide groups is 1. The Morgan fingerprint density at radius 3 is 2.20 bits per heavy atom. The Bertz CT molecular complexity index is 1680. The minimum Gasteiger partial charge on any atom is -0.462 e. The van der Waals surface area contributed by atoms with Gasteiger partial charge in [-0.2, -0.15) is 0 Å². The molecule has 0 saturated carbocycles. The number of hydrogen-bond donors (Lipinski definition) is 1. The summed E-state index contributed by atoms with van der Waals surface area (Å²) in [6, 6.07) is 7.13. The lowest BCUT2D eigenvalue weighted by molar-refractivity contribution is -0.151. The Balaban J connectivity index is 1.39. The zero-order chi connectivity index (χ0) is 32.6. The van der Waals surface area contributed by atoms with Crippen molar-refractivity contribution in [3.63, 3.8) is 0 Å². The number of carbonyl (C=O) groups excluding carboxylic acids is 5. The van der Waals surface area contributed by atoms with Crippen molar-refractivity contribution in [2.75, 3.05) is 18.5 Å². The molecule has 14 heteroatoms. The van der Waals surface area contributed by atoms with Gasteiger partial charge in [-0.15, -0.1) is 11.3 Å². The van der Waals surface area contributed by atoms with E-state index in [0.717, 1.165) is 23.3 Å². The first-order valence-electron chi connectivity index (χ1n) is 14.0. The van der Waals surface area contributed by atoms with Crippen LogP contribution in [0.5, 0.6) is 0 Å². The first-order valence-corrected chi connectivity index (χ1v) is 16.3. The summed E-state index contributed by atoms with van der Waals surface area (Å²) in [6.07, 6.45) is 2.21. The first kappa shape index (κ1) is 33.2. The van der Waals surface area contributed by atoms with Crippen molar-refractivity contribution in [2.45, 2.75) is 45.6 Å². The molecule has 2 aliphatic rings. The molecule has 3 amide bonds. The van der Waals surface area contributed by atoms with E-state index in [0.29, 0.717) is 33.4 Å². The third kappa shape index (κ3) is 6.44. The van der Waals surface area contributed by atoms with Gasteiger partial charge in [-0.3, -0.25) is 19.3 Å². The van der Waals surface area contributed by atoms with Crippen molar-refractivity contribution < 1.29 is 33.4 Å². The molecule has 0 spiro atoms. The van der Waals surface area contributed by atoms with Gasteiger partial charge in [-0.1, -0.05) is 83.7 Å². The summed E-state index contributed by atoms with van der Waals surface area (Å²) < 4.78 is 10.6. The Morgan fingerprint density at radius 2 is 1.60 bits per heavy atom. The highest BCUT2D eigenvalue weighted by Crippen LogP contribution is 2.45. The minimum atomic E-state index is -1.50. The standard InChI is InChI=1S/C31H26Cl4N2O7S/c1-3-43-31(42)20-16-10-9-14(2)11-18(16)45-27(20)36-19(38)13-44-30(41)17(12-15-7-5-4-6-8-15)37-28(39)21-22(29(37)40)24(33)26(35)25(34)23(21)32/h4-8,14,17H,3,9-13H2,1-2H3,(H,36,38)/t14-,17-/m0/s1. The van der Waals surface area contributed by atoms with E-state index in [4.69, 9.17) is 55.9 Å². The summed E-state index contributed by atoms with van der Waals surface area (Å²) in [6.45, 7) is 3.23. The average Bonchev–Trinajstić information content (AvgIpc) is 3.49. The molecule has 2 heterocycles. The zero-order valence-electron chi connectivity index (χ0n) is 24.0. The molecule has 1 aliphatic carbocycles. The number of nitrogens with one attached hydrogen (secondary N) is 1. The number of thiophene rings is 1. The van der Waals surface area contributed by atoms with Gasteiger partial charge >= 0.3 is 11.9 Å². The van der Waals surface area contributed by atoms with Gasteiger partial charge in [0.25, 0.3) is 17.7 Å². The second-order valence-electron chi connectivity index (χ2n) is 10.6. The number of esters is 2. The van der Waals surface area contributed by atoms with E-state index in [2.05, 4.69) is 12.2 Å². The predicted octanol–water partition coefficient (Wildman–Crippen LogP) is 7.05. The van der Waals surface area contributed by atoms with Crippen LogP contribution < -0.4 is 5.32 Å². The Kier molecular flexibility index (Phi) is 10.1. The third-order valence-electron chi connectivity index (χ3n) is 7.58. The fourth-order valence-electron chi connectivity index (χ4n) is 5.42. The molecule has 5 rings (SSSR count). The second-order valence-corrected chi connectivity index (χ2v) is 13.2. The van der Waals surface area contributed by atoms with Crippen LogP contribution in [-0.2, 0) is 38.3 Å². The van der Waals surface area contributed by atoms with Crippen molar-refractivity contribution in [2.24, 2.45) is 5.92 Å². The van der Waals surface area contributed by atoms with Gasteiger partial charge in [0.05, 0.1) is 43.4 Å². The van der Waals surface area contributed by atoms with Crippen LogP contribution in [0.4, 0.5) is 5.00 Å². The van der Waals surface area contributed by atoms with Crippen LogP contribution in [0.1, 0.15) is 67.3 Å². The molecule has 9 nitrogen and oxygen atoms in total. The molecule has 3 aromatic rings. The molecular weight excluding hydrogens is 686 g/mol. The quantitative estimate of drug-likeness (QED) is 0.109. The number of carbonyl (C=O) groups is 5. The molecule has 236 valence electrons. The highest BCUT2D eigenvalue weighted by atomic mass is 35.5. The molecule has 1 aromatic heterocycles. The third-order valence-corrected chi connectivity index (χ3v) is 10.5. The van der Waals surface area contributed by atoms with Gasteiger partial charge < -0.3 is 14.8 Å². The lowest BCUT2D eigenvalue weighted by atomic mass is 9.88. The minimum absolute atomic E-state index is 0.133. The topological polar surface area (TPSA) is 119 Å². The monoisotopic (exact) mass is 710 g/mol. The van der Waals surface area contributed by atoms with Crippen LogP contribution in [0.3, 0.4) is 0 Å². The van der Waals surface area contributed by atoms with E-state index < -0.39 is 42.3 Å². The average molecular weight is 712 g/mol. The van der Waals surface area contributed by atoms with Crippen molar-refractivity contribution in [3.05, 3.63) is 83.1 Å². The fraction of sp³-hybridized carbons (Fsp3) is 0.323. The maximum absolute atomic E-state index is 13.6. The van der Waals surface area contributed by atoms with Crippen molar-refractivity contribution in [3.8, 4) is 0 Å². The molecule has 2 aromatic carbocycles. The van der Waals surface area contributed by atoms with Gasteiger partial charge in [0.1, 0.15) is 11.0 Å². The summed E-state index contributed by atoms with van der Waals surface area (Å²) >= 11 is 26.2. The second kappa shape index (κ2) is 13.7. The van der Waals surface area contributed by atoms with E-state index in [-0.39, 0.29) is 44.2 Å². The molecule has 1 aliphatic heterocycles. The number of benzene rings is 2. The first-order chi connectivity index (χ1) is 21.4. The number of amides is 3. The maximum Gasteiger partial charge on any atom is 0.341 e. The lowest BCUT2D eigenvalue weighted by Crippen LogP contribution is -2.47. The van der Waals surface area contributed by atoms with Gasteiger partial charge in [-0.25, -0.2) is 9.59 Å². The molecule has 0 saturated heterocycles. The molecule has 45 heavy (non-hydrogen) atoms. The van der Waals surface area contributed by atoms with Crippen LogP contribution in [0.15, 0.2) is 30.3 Å². The van der Waals surface area contributed by atoms with Gasteiger partial charge in [-0.05, 0) is 43.2 Å². The SMILES string of the molecule is CCOC(=O)c1c(NC(=O)COC(=O)[C@H](Cc2ccccc2)N2C(=O)c3c(Cl)c(Cl)c(Cl)c(Cl)c3C2=O)sc2c1CC[C@H](C)C2. The maximum atomic E-state index is 13.6. The number of rotatable bonds is 9. The number of ether oxygens (including phenoxy) is 2. The number of hydrogen-bond acceptors (Lipinski definition) is 8. The number of halogens is 4. The van der Waals surface area contributed by atoms with E-state index in [9.17, 15) is 24.0 Å². The van der Waals surface area contributed by atoms with Gasteiger partial charge in [0, 0.05) is 11.3 Å². The summed E-state index contributed by atoms with van der Waals surface area (Å²) in [5.41, 5.74) is 1.20. The molecule has 0 radical (unpaired) electrons. The van der Waals surface area contributed by atoms with E-state index in [1.807, 2.05) is 0 Å². The molecule has 2 atom stereocenters. The van der Waals surface area contributed by atoms with Crippen LogP contribution in [0.25, 0.3) is 0 Å². The van der Waals surface area contributed by atoms with E-state index in [1.54, 1.807) is 37.3 Å². The summed E-state index contributed by atoms with van der Waals surface area (Å²) in [7, 11) is 0. The Morgan fingerprint density at radius 1 is 0.978 bits per heavy atom. The number of anilines is 1. The molecule has 0 unspecified atom stereocenters. The lowest BCUT2D eigenvalue weighted by Gasteiger charge is -2.24. The van der Waals surface area contributed by atoms with E-state index in [1.165, 1.54) is 11.3 Å². The normalized spacial score (nSPS) is 16.2. The Hall–Kier alpha value is -3.15. The van der Waals surface area contributed by atoms with E-state index >= 15 is 0 Å². The zero-order valence-corrected chi connectivity index (χ0v) is 27.8.